The average molecular weight is 248 g/mol. The number of aryl methyl sites for hydroxylation is 2. The number of carbonyl (C=O) groups excluding carboxylic acids is 1. The second-order valence-electron chi connectivity index (χ2n) is 3.89. The summed E-state index contributed by atoms with van der Waals surface area (Å²) in [4.78, 5) is 13.9. The SMILES string of the molecule is CCc1ccc(C(=O)c2cccc(C)c2F)s1. The van der Waals surface area contributed by atoms with Gasteiger partial charge >= 0.3 is 0 Å². The minimum Gasteiger partial charge on any atom is -0.288 e. The summed E-state index contributed by atoms with van der Waals surface area (Å²) >= 11 is 1.43. The third-order valence-corrected chi connectivity index (χ3v) is 3.90. The van der Waals surface area contributed by atoms with E-state index in [4.69, 9.17) is 0 Å². The van der Waals surface area contributed by atoms with Crippen LogP contribution in [-0.4, -0.2) is 5.78 Å². The van der Waals surface area contributed by atoms with E-state index in [9.17, 15) is 9.18 Å². The fourth-order valence-electron chi connectivity index (χ4n) is 1.65. The molecule has 1 heterocycles. The second-order valence-corrected chi connectivity index (χ2v) is 5.05. The molecule has 1 aromatic carbocycles. The number of thiophene rings is 1. The molecule has 88 valence electrons. The fourth-order valence-corrected chi connectivity index (χ4v) is 2.55. The lowest BCUT2D eigenvalue weighted by atomic mass is 10.1. The lowest BCUT2D eigenvalue weighted by molar-refractivity contribution is 0.103. The zero-order chi connectivity index (χ0) is 12.4. The Hall–Kier alpha value is -1.48. The number of carbonyl (C=O) groups is 1. The minimum absolute atomic E-state index is 0.162. The Bertz CT molecular complexity index is 557. The topological polar surface area (TPSA) is 17.1 Å². The van der Waals surface area contributed by atoms with Crippen molar-refractivity contribution in [2.24, 2.45) is 0 Å². The molecule has 2 rings (SSSR count). The van der Waals surface area contributed by atoms with Crippen LogP contribution in [0.2, 0.25) is 0 Å². The van der Waals surface area contributed by atoms with Gasteiger partial charge in [0, 0.05) is 4.88 Å². The lowest BCUT2D eigenvalue weighted by Gasteiger charge is -2.02. The van der Waals surface area contributed by atoms with Crippen molar-refractivity contribution in [3.8, 4) is 0 Å². The van der Waals surface area contributed by atoms with Crippen LogP contribution >= 0.6 is 11.3 Å². The maximum atomic E-state index is 13.8. The minimum atomic E-state index is -0.413. The summed E-state index contributed by atoms with van der Waals surface area (Å²) in [6.07, 6.45) is 0.897. The first-order valence-electron chi connectivity index (χ1n) is 5.52. The zero-order valence-electron chi connectivity index (χ0n) is 9.79. The highest BCUT2D eigenvalue weighted by atomic mass is 32.1. The van der Waals surface area contributed by atoms with Crippen LogP contribution in [0.5, 0.6) is 0 Å². The van der Waals surface area contributed by atoms with Crippen molar-refractivity contribution in [2.45, 2.75) is 20.3 Å². The van der Waals surface area contributed by atoms with E-state index in [0.29, 0.717) is 10.4 Å². The van der Waals surface area contributed by atoms with Gasteiger partial charge in [-0.15, -0.1) is 11.3 Å². The molecule has 0 aliphatic heterocycles. The Morgan fingerprint density at radius 1 is 1.29 bits per heavy atom. The molecule has 2 aromatic rings. The third kappa shape index (κ3) is 2.29. The van der Waals surface area contributed by atoms with Crippen LogP contribution < -0.4 is 0 Å². The molecule has 1 aromatic heterocycles. The Labute approximate surface area is 104 Å². The number of benzene rings is 1. The summed E-state index contributed by atoms with van der Waals surface area (Å²) in [5, 5.41) is 0. The van der Waals surface area contributed by atoms with Crippen LogP contribution in [0.1, 0.15) is 32.6 Å². The van der Waals surface area contributed by atoms with Crippen LogP contribution in [0.4, 0.5) is 4.39 Å². The molecular formula is C14H13FOS. The smallest absolute Gasteiger partial charge is 0.205 e. The van der Waals surface area contributed by atoms with Gasteiger partial charge in [-0.1, -0.05) is 19.1 Å². The van der Waals surface area contributed by atoms with Crippen LogP contribution in [0.25, 0.3) is 0 Å². The number of rotatable bonds is 3. The summed E-state index contributed by atoms with van der Waals surface area (Å²) in [5.41, 5.74) is 0.664. The Morgan fingerprint density at radius 3 is 2.71 bits per heavy atom. The summed E-state index contributed by atoms with van der Waals surface area (Å²) in [6, 6.07) is 8.60. The first kappa shape index (κ1) is 12.0. The van der Waals surface area contributed by atoms with E-state index < -0.39 is 5.82 Å². The van der Waals surface area contributed by atoms with Gasteiger partial charge < -0.3 is 0 Å². The molecule has 0 bridgehead atoms. The Kier molecular flexibility index (Phi) is 3.38. The van der Waals surface area contributed by atoms with Gasteiger partial charge in [-0.25, -0.2) is 4.39 Å². The van der Waals surface area contributed by atoms with E-state index in [1.54, 1.807) is 25.1 Å². The van der Waals surface area contributed by atoms with Gasteiger partial charge in [-0.3, -0.25) is 4.79 Å². The van der Waals surface area contributed by atoms with Crippen molar-refractivity contribution < 1.29 is 9.18 Å². The van der Waals surface area contributed by atoms with E-state index in [2.05, 4.69) is 0 Å². The van der Waals surface area contributed by atoms with Gasteiger partial charge in [0.05, 0.1) is 10.4 Å². The Balaban J connectivity index is 2.40. The predicted octanol–water partition coefficient (Wildman–Crippen LogP) is 3.99. The molecule has 17 heavy (non-hydrogen) atoms. The van der Waals surface area contributed by atoms with Gasteiger partial charge in [0.15, 0.2) is 0 Å². The maximum absolute atomic E-state index is 13.8. The first-order chi connectivity index (χ1) is 8.13. The monoisotopic (exact) mass is 248 g/mol. The summed E-state index contributed by atoms with van der Waals surface area (Å²) < 4.78 is 13.8. The Morgan fingerprint density at radius 2 is 2.06 bits per heavy atom. The maximum Gasteiger partial charge on any atom is 0.205 e. The molecule has 0 aliphatic rings. The summed E-state index contributed by atoms with van der Waals surface area (Å²) in [5.74, 6) is -0.639. The lowest BCUT2D eigenvalue weighted by Crippen LogP contribution is -2.03. The normalized spacial score (nSPS) is 10.5. The molecule has 0 fully saturated rings. The molecular weight excluding hydrogens is 235 g/mol. The molecule has 0 spiro atoms. The molecule has 0 saturated carbocycles. The van der Waals surface area contributed by atoms with Crippen LogP contribution in [0.15, 0.2) is 30.3 Å². The van der Waals surface area contributed by atoms with E-state index in [-0.39, 0.29) is 11.3 Å². The highest BCUT2D eigenvalue weighted by Crippen LogP contribution is 2.22. The number of halogens is 1. The molecule has 0 saturated heterocycles. The zero-order valence-corrected chi connectivity index (χ0v) is 10.6. The number of ketones is 1. The predicted molar refractivity (Wildman–Crippen MR) is 68.3 cm³/mol. The van der Waals surface area contributed by atoms with Crippen molar-refractivity contribution in [2.75, 3.05) is 0 Å². The molecule has 0 radical (unpaired) electrons. The molecule has 0 atom stereocenters. The highest BCUT2D eigenvalue weighted by molar-refractivity contribution is 7.14. The molecule has 0 amide bonds. The van der Waals surface area contributed by atoms with E-state index in [1.165, 1.54) is 17.4 Å². The van der Waals surface area contributed by atoms with Gasteiger partial charge in [0.25, 0.3) is 0 Å². The molecule has 1 nitrogen and oxygen atoms in total. The second kappa shape index (κ2) is 4.80. The molecule has 0 unspecified atom stereocenters. The molecule has 0 aliphatic carbocycles. The number of hydrogen-bond donors (Lipinski definition) is 0. The average Bonchev–Trinajstić information content (AvgIpc) is 2.80. The van der Waals surface area contributed by atoms with Gasteiger partial charge in [-0.2, -0.15) is 0 Å². The highest BCUT2D eigenvalue weighted by Gasteiger charge is 2.16. The first-order valence-corrected chi connectivity index (χ1v) is 6.33. The van der Waals surface area contributed by atoms with Crippen LogP contribution in [0, 0.1) is 12.7 Å². The van der Waals surface area contributed by atoms with Crippen molar-refractivity contribution in [1.82, 2.24) is 0 Å². The van der Waals surface area contributed by atoms with Gasteiger partial charge in [0.2, 0.25) is 5.78 Å². The van der Waals surface area contributed by atoms with Crippen LogP contribution in [0.3, 0.4) is 0 Å². The van der Waals surface area contributed by atoms with Gasteiger partial charge in [-0.05, 0) is 37.1 Å². The van der Waals surface area contributed by atoms with Crippen LogP contribution in [-0.2, 0) is 6.42 Å². The van der Waals surface area contributed by atoms with E-state index >= 15 is 0 Å². The van der Waals surface area contributed by atoms with Crippen molar-refractivity contribution in [1.29, 1.82) is 0 Å². The van der Waals surface area contributed by atoms with E-state index in [1.807, 2.05) is 13.0 Å². The summed E-state index contributed by atoms with van der Waals surface area (Å²) in [6.45, 7) is 3.70. The summed E-state index contributed by atoms with van der Waals surface area (Å²) in [7, 11) is 0. The molecule has 3 heteroatoms. The number of hydrogen-bond acceptors (Lipinski definition) is 2. The quantitative estimate of drug-likeness (QED) is 0.751. The van der Waals surface area contributed by atoms with Crippen molar-refractivity contribution >= 4 is 17.1 Å². The standard InChI is InChI=1S/C14H13FOS/c1-3-10-7-8-12(17-10)14(16)11-6-4-5-9(2)13(11)15/h4-8H,3H2,1-2H3. The largest absolute Gasteiger partial charge is 0.288 e. The fraction of sp³-hybridized carbons (Fsp3) is 0.214. The molecule has 0 N–H and O–H groups in total. The van der Waals surface area contributed by atoms with Crippen molar-refractivity contribution in [3.05, 3.63) is 57.0 Å². The van der Waals surface area contributed by atoms with Gasteiger partial charge in [0.1, 0.15) is 5.82 Å². The third-order valence-electron chi connectivity index (χ3n) is 2.67. The van der Waals surface area contributed by atoms with Crippen molar-refractivity contribution in [3.63, 3.8) is 0 Å². The van der Waals surface area contributed by atoms with E-state index in [0.717, 1.165) is 11.3 Å².